The van der Waals surface area contributed by atoms with Gasteiger partial charge in [0.15, 0.2) is 0 Å². The van der Waals surface area contributed by atoms with Crippen LogP contribution in [0.1, 0.15) is 73.8 Å². The summed E-state index contributed by atoms with van der Waals surface area (Å²) in [7, 11) is -3.16. The number of sulfonamides is 1. The first-order chi connectivity index (χ1) is 18.7. The van der Waals surface area contributed by atoms with Gasteiger partial charge in [-0.3, -0.25) is 9.78 Å². The third kappa shape index (κ3) is 6.58. The third-order valence-corrected chi connectivity index (χ3v) is 12.1. The van der Waals surface area contributed by atoms with Gasteiger partial charge in [0, 0.05) is 58.7 Å². The number of nitrogens with zero attached hydrogens (tertiary/aromatic N) is 3. The fourth-order valence-electron chi connectivity index (χ4n) is 6.67. The smallest absolute Gasteiger partial charge is 0.222 e. The minimum absolute atomic E-state index is 0.156. The Bertz CT molecular complexity index is 1320. The highest BCUT2D eigenvalue weighted by atomic mass is 79.9. The maximum Gasteiger partial charge on any atom is 0.222 e. The average molecular weight is 702 g/mol. The number of pyridine rings is 1. The average Bonchev–Trinajstić information content (AvgIpc) is 3.06. The normalized spacial score (nSPS) is 21.3. The van der Waals surface area contributed by atoms with Crippen molar-refractivity contribution in [1.82, 2.24) is 14.2 Å². The number of aromatic nitrogens is 1. The summed E-state index contributed by atoms with van der Waals surface area (Å²) >= 11 is 13.9. The van der Waals surface area contributed by atoms with Gasteiger partial charge in [0.25, 0.3) is 0 Å². The van der Waals surface area contributed by atoms with E-state index in [4.69, 9.17) is 16.6 Å². The monoisotopic (exact) mass is 699 g/mol. The highest BCUT2D eigenvalue weighted by Gasteiger charge is 2.37. The number of benzene rings is 1. The van der Waals surface area contributed by atoms with E-state index in [0.717, 1.165) is 71.3 Å². The van der Waals surface area contributed by atoms with Crippen molar-refractivity contribution in [3.05, 3.63) is 60.7 Å². The first-order valence-electron chi connectivity index (χ1n) is 14.0. The molecule has 0 radical (unpaired) electrons. The minimum atomic E-state index is -3.16. The molecule has 39 heavy (non-hydrogen) atoms. The molecule has 0 bridgehead atoms. The molecule has 2 fully saturated rings. The van der Waals surface area contributed by atoms with Gasteiger partial charge in [-0.25, -0.2) is 12.7 Å². The summed E-state index contributed by atoms with van der Waals surface area (Å²) in [5.74, 6) is 1.21. The molecule has 212 valence electrons. The van der Waals surface area contributed by atoms with Crippen LogP contribution in [0, 0.1) is 11.8 Å². The second kappa shape index (κ2) is 12.5. The second-order valence-corrected chi connectivity index (χ2v) is 15.5. The lowest BCUT2D eigenvalue weighted by atomic mass is 9.76. The quantitative estimate of drug-likeness (QED) is 0.342. The standard InChI is InChI=1S/C29H36Br2ClN3O3S/c1-2-13-39(37,38)35-11-5-19(6-12-35)14-26(36)34-9-7-20(8-10-34)28-27-21(16-24(32)17-25(27)31)3-4-22-15-23(30)18-33-29(22)28/h15-20,28H,2-14H2,1H3/t28-/m1/s1. The zero-order valence-electron chi connectivity index (χ0n) is 22.3. The van der Waals surface area contributed by atoms with E-state index in [1.807, 2.05) is 24.1 Å². The van der Waals surface area contributed by atoms with E-state index >= 15 is 0 Å². The van der Waals surface area contributed by atoms with Crippen LogP contribution in [-0.2, 0) is 27.7 Å². The Morgan fingerprint density at radius 1 is 1.03 bits per heavy atom. The fourth-order valence-corrected chi connectivity index (χ4v) is 9.71. The van der Waals surface area contributed by atoms with Gasteiger partial charge < -0.3 is 4.90 Å². The summed E-state index contributed by atoms with van der Waals surface area (Å²) in [5, 5.41) is 0.744. The number of hydrogen-bond donors (Lipinski definition) is 0. The molecule has 2 aromatic rings. The van der Waals surface area contributed by atoms with Crippen LogP contribution < -0.4 is 0 Å². The Labute approximate surface area is 254 Å². The number of likely N-dealkylation sites (tertiary alicyclic amines) is 1. The van der Waals surface area contributed by atoms with Crippen LogP contribution in [0.2, 0.25) is 5.02 Å². The maximum absolute atomic E-state index is 13.3. The zero-order chi connectivity index (χ0) is 27.7. The van der Waals surface area contributed by atoms with E-state index in [1.54, 1.807) is 4.31 Å². The van der Waals surface area contributed by atoms with Crippen LogP contribution in [0.3, 0.4) is 0 Å². The molecule has 0 spiro atoms. The molecule has 1 amide bonds. The van der Waals surface area contributed by atoms with Crippen molar-refractivity contribution in [3.63, 3.8) is 0 Å². The molecule has 0 N–H and O–H groups in total. The van der Waals surface area contributed by atoms with Crippen molar-refractivity contribution in [3.8, 4) is 0 Å². The minimum Gasteiger partial charge on any atom is -0.343 e. The molecule has 6 nitrogen and oxygen atoms in total. The van der Waals surface area contributed by atoms with E-state index in [-0.39, 0.29) is 23.5 Å². The summed E-state index contributed by atoms with van der Waals surface area (Å²) in [4.78, 5) is 20.2. The Hall–Kier alpha value is -1.000. The van der Waals surface area contributed by atoms with E-state index in [1.165, 1.54) is 16.7 Å². The molecule has 1 aromatic carbocycles. The lowest BCUT2D eigenvalue weighted by molar-refractivity contribution is -0.133. The van der Waals surface area contributed by atoms with Gasteiger partial charge >= 0.3 is 0 Å². The number of amides is 1. The number of piperidine rings is 2. The lowest BCUT2D eigenvalue weighted by Crippen LogP contribution is -2.43. The summed E-state index contributed by atoms with van der Waals surface area (Å²) in [6, 6.07) is 6.30. The lowest BCUT2D eigenvalue weighted by Gasteiger charge is -2.38. The number of fused-ring (bicyclic) bond motifs is 2. The molecule has 1 aromatic heterocycles. The van der Waals surface area contributed by atoms with Crippen LogP contribution in [0.4, 0.5) is 0 Å². The van der Waals surface area contributed by atoms with Gasteiger partial charge in [0.2, 0.25) is 15.9 Å². The van der Waals surface area contributed by atoms with E-state index in [0.29, 0.717) is 31.8 Å². The van der Waals surface area contributed by atoms with Crippen LogP contribution in [0.15, 0.2) is 33.3 Å². The van der Waals surface area contributed by atoms with Crippen molar-refractivity contribution < 1.29 is 13.2 Å². The summed E-state index contributed by atoms with van der Waals surface area (Å²) < 4.78 is 28.4. The zero-order valence-corrected chi connectivity index (χ0v) is 27.1. The van der Waals surface area contributed by atoms with Gasteiger partial charge in [-0.05, 0) is 108 Å². The van der Waals surface area contributed by atoms with Gasteiger partial charge in [-0.1, -0.05) is 34.5 Å². The largest absolute Gasteiger partial charge is 0.343 e. The van der Waals surface area contributed by atoms with Gasteiger partial charge in [0.1, 0.15) is 0 Å². The Morgan fingerprint density at radius 3 is 2.41 bits per heavy atom. The van der Waals surface area contributed by atoms with Crippen LogP contribution in [0.25, 0.3) is 0 Å². The maximum atomic E-state index is 13.3. The first kappa shape index (κ1) is 29.5. The van der Waals surface area contributed by atoms with Gasteiger partial charge in [0.05, 0.1) is 11.4 Å². The van der Waals surface area contributed by atoms with Crippen LogP contribution >= 0.6 is 43.5 Å². The number of carbonyl (C=O) groups excluding carboxylic acids is 1. The number of aryl methyl sites for hydroxylation is 2. The fraction of sp³-hybridized carbons (Fsp3) is 0.586. The highest BCUT2D eigenvalue weighted by Crippen LogP contribution is 2.46. The van der Waals surface area contributed by atoms with E-state index in [9.17, 15) is 13.2 Å². The van der Waals surface area contributed by atoms with Crippen molar-refractivity contribution in [2.75, 3.05) is 31.9 Å². The Kier molecular flexibility index (Phi) is 9.43. The van der Waals surface area contributed by atoms with E-state index < -0.39 is 10.0 Å². The number of hydrogen-bond acceptors (Lipinski definition) is 4. The molecule has 3 heterocycles. The van der Waals surface area contributed by atoms with Crippen molar-refractivity contribution in [2.24, 2.45) is 11.8 Å². The van der Waals surface area contributed by atoms with Crippen LogP contribution in [-0.4, -0.2) is 60.4 Å². The van der Waals surface area contributed by atoms with Crippen LogP contribution in [0.5, 0.6) is 0 Å². The molecule has 3 aliphatic rings. The molecule has 0 unspecified atom stereocenters. The molecule has 5 rings (SSSR count). The third-order valence-electron chi connectivity index (χ3n) is 8.67. The molecule has 10 heteroatoms. The summed E-state index contributed by atoms with van der Waals surface area (Å²) in [5.41, 5.74) is 5.00. The molecular formula is C29H36Br2ClN3O3S. The Balaban J connectivity index is 1.26. The topological polar surface area (TPSA) is 70.6 Å². The number of rotatable bonds is 6. The van der Waals surface area contributed by atoms with E-state index in [2.05, 4.69) is 44.0 Å². The summed E-state index contributed by atoms with van der Waals surface area (Å²) in [6.45, 7) is 4.45. The molecule has 2 aliphatic heterocycles. The molecular weight excluding hydrogens is 666 g/mol. The number of carbonyl (C=O) groups is 1. The van der Waals surface area contributed by atoms with Gasteiger partial charge in [-0.15, -0.1) is 0 Å². The van der Waals surface area contributed by atoms with Crippen molar-refractivity contribution >= 4 is 59.4 Å². The summed E-state index contributed by atoms with van der Waals surface area (Å²) in [6.07, 6.45) is 8.27. The predicted molar refractivity (Wildman–Crippen MR) is 163 cm³/mol. The predicted octanol–water partition coefficient (Wildman–Crippen LogP) is 6.57. The van der Waals surface area contributed by atoms with Crippen molar-refractivity contribution in [2.45, 2.75) is 64.2 Å². The molecule has 1 atom stereocenters. The first-order valence-corrected chi connectivity index (χ1v) is 17.6. The molecule has 0 saturated carbocycles. The second-order valence-electron chi connectivity index (χ2n) is 11.2. The van der Waals surface area contributed by atoms with Crippen molar-refractivity contribution in [1.29, 1.82) is 0 Å². The Morgan fingerprint density at radius 2 is 1.72 bits per heavy atom. The number of halogens is 3. The van der Waals surface area contributed by atoms with Gasteiger partial charge in [-0.2, -0.15) is 0 Å². The molecule has 2 saturated heterocycles. The SMILES string of the molecule is CCCS(=O)(=O)N1CCC(CC(=O)N2CCC([C@H]3c4ncc(Br)cc4CCc4cc(Cl)cc(Br)c43)CC2)CC1. The molecule has 1 aliphatic carbocycles. The highest BCUT2D eigenvalue weighted by molar-refractivity contribution is 9.10.